The van der Waals surface area contributed by atoms with Gasteiger partial charge in [-0.2, -0.15) is 5.06 Å². The van der Waals surface area contributed by atoms with Gasteiger partial charge in [-0.25, -0.2) is 0 Å². The van der Waals surface area contributed by atoms with Gasteiger partial charge in [0.1, 0.15) is 6.61 Å². The monoisotopic (exact) mass is 253 g/mol. The van der Waals surface area contributed by atoms with E-state index < -0.39 is 0 Å². The molecule has 0 atom stereocenters. The first-order chi connectivity index (χ1) is 9.31. The molecule has 3 nitrogen and oxygen atoms in total. The van der Waals surface area contributed by atoms with Crippen LogP contribution in [0.25, 0.3) is 0 Å². The highest BCUT2D eigenvalue weighted by atomic mass is 16.7. The highest BCUT2D eigenvalue weighted by Gasteiger charge is 2.13. The molecule has 0 radical (unpaired) electrons. The molecule has 2 rings (SSSR count). The minimum atomic E-state index is -0.230. The number of benzene rings is 2. The third-order valence-corrected chi connectivity index (χ3v) is 2.60. The molecule has 0 heterocycles. The number of nitrogens with zero attached hydrogens (tertiary/aromatic N) is 1. The second-order valence-corrected chi connectivity index (χ2v) is 3.94. The van der Waals surface area contributed by atoms with Crippen LogP contribution in [-0.4, -0.2) is 11.0 Å². The molecular formula is C16H15NO2. The number of hydroxylamine groups is 2. The van der Waals surface area contributed by atoms with Crippen LogP contribution in [0.4, 0.5) is 0 Å². The SMILES string of the molecule is C=CN(OCc1ccccc1)C(=O)c1ccccc1. The number of hydrogen-bond acceptors (Lipinski definition) is 2. The zero-order valence-corrected chi connectivity index (χ0v) is 10.5. The topological polar surface area (TPSA) is 29.5 Å². The van der Waals surface area contributed by atoms with E-state index in [1.807, 2.05) is 48.5 Å². The van der Waals surface area contributed by atoms with Crippen LogP contribution < -0.4 is 0 Å². The zero-order chi connectivity index (χ0) is 13.5. The molecule has 0 saturated carbocycles. The molecule has 0 unspecified atom stereocenters. The normalized spacial score (nSPS) is 9.89. The average Bonchev–Trinajstić information content (AvgIpc) is 2.49. The molecular weight excluding hydrogens is 238 g/mol. The van der Waals surface area contributed by atoms with Crippen molar-refractivity contribution in [1.29, 1.82) is 0 Å². The fourth-order valence-electron chi connectivity index (χ4n) is 1.62. The Hall–Kier alpha value is -2.39. The minimum absolute atomic E-state index is 0.230. The van der Waals surface area contributed by atoms with Crippen molar-refractivity contribution >= 4 is 5.91 Å². The molecule has 2 aromatic rings. The third kappa shape index (κ3) is 3.53. The molecule has 1 amide bonds. The smallest absolute Gasteiger partial charge is 0.266 e. The molecule has 3 heteroatoms. The molecule has 0 spiro atoms. The Labute approximate surface area is 112 Å². The fourth-order valence-corrected chi connectivity index (χ4v) is 1.62. The second-order valence-electron chi connectivity index (χ2n) is 3.94. The van der Waals surface area contributed by atoms with E-state index in [0.29, 0.717) is 12.2 Å². The summed E-state index contributed by atoms with van der Waals surface area (Å²) in [5.41, 5.74) is 1.56. The zero-order valence-electron chi connectivity index (χ0n) is 10.5. The van der Waals surface area contributed by atoms with Crippen molar-refractivity contribution in [2.24, 2.45) is 0 Å². The van der Waals surface area contributed by atoms with Crippen LogP contribution >= 0.6 is 0 Å². The van der Waals surface area contributed by atoms with E-state index in [-0.39, 0.29) is 5.91 Å². The Bertz CT molecular complexity index is 537. The predicted molar refractivity (Wildman–Crippen MR) is 74.0 cm³/mol. The lowest BCUT2D eigenvalue weighted by molar-refractivity contribution is -0.0991. The van der Waals surface area contributed by atoms with Crippen LogP contribution in [0.3, 0.4) is 0 Å². The van der Waals surface area contributed by atoms with E-state index in [1.165, 1.54) is 6.20 Å². The number of carbonyl (C=O) groups excluding carboxylic acids is 1. The van der Waals surface area contributed by atoms with E-state index in [9.17, 15) is 4.79 Å². The van der Waals surface area contributed by atoms with Crippen molar-refractivity contribution in [2.75, 3.05) is 0 Å². The largest absolute Gasteiger partial charge is 0.281 e. The van der Waals surface area contributed by atoms with Gasteiger partial charge in [0, 0.05) is 11.8 Å². The first kappa shape index (κ1) is 13.1. The highest BCUT2D eigenvalue weighted by Crippen LogP contribution is 2.08. The van der Waals surface area contributed by atoms with Crippen LogP contribution in [0.1, 0.15) is 15.9 Å². The summed E-state index contributed by atoms with van der Waals surface area (Å²) in [7, 11) is 0. The van der Waals surface area contributed by atoms with Crippen molar-refractivity contribution in [2.45, 2.75) is 6.61 Å². The van der Waals surface area contributed by atoms with Crippen molar-refractivity contribution in [3.63, 3.8) is 0 Å². The summed E-state index contributed by atoms with van der Waals surface area (Å²) in [4.78, 5) is 17.6. The van der Waals surface area contributed by atoms with Crippen LogP contribution in [0, 0.1) is 0 Å². The molecule has 96 valence electrons. The Morgan fingerprint density at radius 2 is 1.63 bits per heavy atom. The maximum absolute atomic E-state index is 12.1. The van der Waals surface area contributed by atoms with Crippen LogP contribution in [0.15, 0.2) is 73.4 Å². The highest BCUT2D eigenvalue weighted by molar-refractivity contribution is 5.94. The standard InChI is InChI=1S/C16H15NO2/c1-2-17(16(18)15-11-7-4-8-12-15)19-13-14-9-5-3-6-10-14/h2-12H,1,13H2. The number of rotatable bonds is 5. The molecule has 0 aromatic heterocycles. The van der Waals surface area contributed by atoms with E-state index in [4.69, 9.17) is 4.84 Å². The summed E-state index contributed by atoms with van der Waals surface area (Å²) in [5, 5.41) is 1.16. The van der Waals surface area contributed by atoms with Gasteiger partial charge < -0.3 is 0 Å². The van der Waals surface area contributed by atoms with Crippen LogP contribution in [0.2, 0.25) is 0 Å². The first-order valence-corrected chi connectivity index (χ1v) is 5.99. The van der Waals surface area contributed by atoms with E-state index in [1.54, 1.807) is 12.1 Å². The Morgan fingerprint density at radius 3 is 2.21 bits per heavy atom. The predicted octanol–water partition coefficient (Wildman–Crippen LogP) is 3.40. The minimum Gasteiger partial charge on any atom is -0.266 e. The van der Waals surface area contributed by atoms with Crippen LogP contribution in [0.5, 0.6) is 0 Å². The molecule has 0 saturated heterocycles. The lowest BCUT2D eigenvalue weighted by Gasteiger charge is -2.17. The Kier molecular flexibility index (Phi) is 4.48. The van der Waals surface area contributed by atoms with Gasteiger partial charge in [-0.15, -0.1) is 0 Å². The third-order valence-electron chi connectivity index (χ3n) is 2.60. The van der Waals surface area contributed by atoms with E-state index >= 15 is 0 Å². The fraction of sp³-hybridized carbons (Fsp3) is 0.0625. The number of carbonyl (C=O) groups is 1. The first-order valence-electron chi connectivity index (χ1n) is 5.99. The van der Waals surface area contributed by atoms with Gasteiger partial charge in [0.05, 0.1) is 0 Å². The molecule has 0 N–H and O–H groups in total. The van der Waals surface area contributed by atoms with Gasteiger partial charge in [-0.1, -0.05) is 55.1 Å². The second kappa shape index (κ2) is 6.52. The molecule has 0 fully saturated rings. The molecule has 0 aliphatic carbocycles. The summed E-state index contributed by atoms with van der Waals surface area (Å²) in [6.07, 6.45) is 1.37. The molecule has 0 bridgehead atoms. The maximum atomic E-state index is 12.1. The average molecular weight is 253 g/mol. The van der Waals surface area contributed by atoms with Gasteiger partial charge in [-0.05, 0) is 17.7 Å². The van der Waals surface area contributed by atoms with Gasteiger partial charge in [0.25, 0.3) is 5.91 Å². The van der Waals surface area contributed by atoms with Gasteiger partial charge in [-0.3, -0.25) is 9.63 Å². The molecule has 0 aliphatic heterocycles. The lowest BCUT2D eigenvalue weighted by Crippen LogP contribution is -2.25. The summed E-state index contributed by atoms with van der Waals surface area (Å²) in [5.74, 6) is -0.230. The summed E-state index contributed by atoms with van der Waals surface area (Å²) in [6.45, 7) is 3.92. The Morgan fingerprint density at radius 1 is 1.05 bits per heavy atom. The molecule has 19 heavy (non-hydrogen) atoms. The van der Waals surface area contributed by atoms with Gasteiger partial charge >= 0.3 is 0 Å². The van der Waals surface area contributed by atoms with Crippen molar-refractivity contribution in [3.05, 3.63) is 84.6 Å². The summed E-state index contributed by atoms with van der Waals surface area (Å²) < 4.78 is 0. The van der Waals surface area contributed by atoms with E-state index in [2.05, 4.69) is 6.58 Å². The molecule has 0 aliphatic rings. The van der Waals surface area contributed by atoms with Crippen molar-refractivity contribution < 1.29 is 9.63 Å². The van der Waals surface area contributed by atoms with Crippen molar-refractivity contribution in [1.82, 2.24) is 5.06 Å². The molecule has 2 aromatic carbocycles. The number of hydrogen-bond donors (Lipinski definition) is 0. The maximum Gasteiger partial charge on any atom is 0.281 e. The Balaban J connectivity index is 2.01. The van der Waals surface area contributed by atoms with Gasteiger partial charge in [0.15, 0.2) is 0 Å². The quantitative estimate of drug-likeness (QED) is 0.764. The van der Waals surface area contributed by atoms with E-state index in [0.717, 1.165) is 10.6 Å². The van der Waals surface area contributed by atoms with Gasteiger partial charge in [0.2, 0.25) is 0 Å². The lowest BCUT2D eigenvalue weighted by atomic mass is 10.2. The van der Waals surface area contributed by atoms with Crippen LogP contribution in [-0.2, 0) is 11.4 Å². The summed E-state index contributed by atoms with van der Waals surface area (Å²) in [6, 6.07) is 18.6. The van der Waals surface area contributed by atoms with Crippen molar-refractivity contribution in [3.8, 4) is 0 Å². The number of amides is 1. The summed E-state index contributed by atoms with van der Waals surface area (Å²) >= 11 is 0.